The van der Waals surface area contributed by atoms with Gasteiger partial charge in [-0.05, 0) is 78.5 Å². The van der Waals surface area contributed by atoms with E-state index in [2.05, 4.69) is 127 Å². The minimum atomic E-state index is -2.23. The molecular weight excluding hydrogens is 673 g/mol. The Bertz CT molecular complexity index is 1230. The van der Waals surface area contributed by atoms with E-state index in [0.717, 1.165) is 17.6 Å². The summed E-state index contributed by atoms with van der Waals surface area (Å²) in [7, 11) is -2.54. The van der Waals surface area contributed by atoms with Crippen LogP contribution in [0.1, 0.15) is 116 Å². The summed E-state index contributed by atoms with van der Waals surface area (Å²) in [5.74, 6) is -0.563. The molecule has 0 amide bonds. The highest BCUT2D eigenvalue weighted by molar-refractivity contribution is 6.77. The standard InChI is InChI=1S/C42H74O7Si2/c1-28(2)51(29(3)4,30(5)6)46-24-23-33(9)41(45-14)34(10)38-27-37(49-50(15,16)42(11,12)13)32(8)20-17-19-31(7)36-25-35(26-40(44)47-36)21-18-22-39(43)48-38/h17-20,22-23,28-31,34-38,41H,21,24-27H2,1-16H3/b19-17+,22-18+,32-20+,33-23+/t31-,34+,35-,36-,37+,38+,41+/m1/s1. The molecule has 7 atom stereocenters. The molecule has 0 unspecified atom stereocenters. The van der Waals surface area contributed by atoms with Crippen molar-refractivity contribution in [2.75, 3.05) is 13.7 Å². The zero-order valence-corrected chi connectivity index (χ0v) is 37.1. The molecule has 0 aromatic heterocycles. The first-order valence-electron chi connectivity index (χ1n) is 19.5. The smallest absolute Gasteiger partial charge is 0.330 e. The fourth-order valence-electron chi connectivity index (χ4n) is 7.96. The van der Waals surface area contributed by atoms with Crippen molar-refractivity contribution in [1.29, 1.82) is 0 Å². The molecule has 1 saturated heterocycles. The Balaban J connectivity index is 2.56. The van der Waals surface area contributed by atoms with Crippen molar-refractivity contribution in [3.63, 3.8) is 0 Å². The number of hydrogen-bond donors (Lipinski definition) is 0. The number of carbonyl (C=O) groups is 2. The number of hydrogen-bond acceptors (Lipinski definition) is 7. The van der Waals surface area contributed by atoms with Gasteiger partial charge in [0, 0.05) is 37.9 Å². The van der Waals surface area contributed by atoms with Gasteiger partial charge in [0.2, 0.25) is 8.32 Å². The lowest BCUT2D eigenvalue weighted by molar-refractivity contribution is -0.158. The molecule has 2 aliphatic rings. The summed E-state index contributed by atoms with van der Waals surface area (Å²) in [6.45, 7) is 34.0. The number of esters is 2. The van der Waals surface area contributed by atoms with Crippen LogP contribution >= 0.6 is 0 Å². The fraction of sp³-hybridized carbons (Fsp3) is 0.762. The number of allylic oxidation sites excluding steroid dienone is 3. The van der Waals surface area contributed by atoms with Gasteiger partial charge in [-0.3, -0.25) is 4.79 Å². The maximum absolute atomic E-state index is 13.5. The summed E-state index contributed by atoms with van der Waals surface area (Å²) in [6, 6.07) is 0. The largest absolute Gasteiger partial charge is 0.462 e. The van der Waals surface area contributed by atoms with Gasteiger partial charge in [-0.2, -0.15) is 0 Å². The Hall–Kier alpha value is -1.79. The lowest BCUT2D eigenvalue weighted by Crippen LogP contribution is -2.47. The zero-order chi connectivity index (χ0) is 38.9. The molecule has 0 aromatic carbocycles. The maximum atomic E-state index is 13.5. The molecule has 292 valence electrons. The van der Waals surface area contributed by atoms with Crippen molar-refractivity contribution in [3.8, 4) is 0 Å². The molecular formula is C42H74O7Si2. The lowest BCUT2D eigenvalue weighted by atomic mass is 9.86. The second kappa shape index (κ2) is 19.5. The van der Waals surface area contributed by atoms with Crippen molar-refractivity contribution in [3.05, 3.63) is 47.6 Å². The monoisotopic (exact) mass is 746 g/mol. The minimum Gasteiger partial charge on any atom is -0.462 e. The first-order chi connectivity index (χ1) is 23.6. The van der Waals surface area contributed by atoms with Crippen LogP contribution in [0.2, 0.25) is 34.8 Å². The summed E-state index contributed by atoms with van der Waals surface area (Å²) in [4.78, 5) is 26.0. The van der Waals surface area contributed by atoms with E-state index in [4.69, 9.17) is 23.1 Å². The highest BCUT2D eigenvalue weighted by atomic mass is 28.4. The summed E-state index contributed by atoms with van der Waals surface area (Å²) >= 11 is 0. The number of rotatable bonds is 12. The Kier molecular flexibility index (Phi) is 17.4. The Labute approximate surface area is 314 Å². The number of methoxy groups -OCH3 is 1. The molecule has 7 nitrogen and oxygen atoms in total. The molecule has 2 rings (SSSR count). The van der Waals surface area contributed by atoms with E-state index in [0.29, 0.717) is 42.5 Å². The zero-order valence-electron chi connectivity index (χ0n) is 35.1. The van der Waals surface area contributed by atoms with Crippen LogP contribution in [0.5, 0.6) is 0 Å². The normalized spacial score (nSPS) is 28.6. The van der Waals surface area contributed by atoms with Gasteiger partial charge < -0.3 is 23.1 Å². The molecule has 9 heteroatoms. The first kappa shape index (κ1) is 45.4. The van der Waals surface area contributed by atoms with Crippen LogP contribution in [0.4, 0.5) is 0 Å². The van der Waals surface area contributed by atoms with Gasteiger partial charge in [-0.15, -0.1) is 0 Å². The lowest BCUT2D eigenvalue weighted by Gasteiger charge is -2.42. The molecule has 2 bridgehead atoms. The van der Waals surface area contributed by atoms with E-state index >= 15 is 0 Å². The molecule has 2 aliphatic heterocycles. The maximum Gasteiger partial charge on any atom is 0.330 e. The Morgan fingerprint density at radius 3 is 2.16 bits per heavy atom. The quantitative estimate of drug-likeness (QED) is 0.112. The van der Waals surface area contributed by atoms with Gasteiger partial charge in [0.1, 0.15) is 12.2 Å². The third-order valence-corrected chi connectivity index (χ3v) is 22.6. The van der Waals surface area contributed by atoms with Gasteiger partial charge in [0.15, 0.2) is 8.32 Å². The van der Waals surface area contributed by atoms with Crippen LogP contribution in [0, 0.1) is 17.8 Å². The van der Waals surface area contributed by atoms with Crippen LogP contribution in [0.15, 0.2) is 47.6 Å². The fourth-order valence-corrected chi connectivity index (χ4v) is 14.7. The molecule has 0 aliphatic carbocycles. The second-order valence-electron chi connectivity index (χ2n) is 17.8. The van der Waals surface area contributed by atoms with Crippen LogP contribution < -0.4 is 0 Å². The van der Waals surface area contributed by atoms with Crippen molar-refractivity contribution in [2.45, 2.75) is 175 Å². The third kappa shape index (κ3) is 12.4. The molecule has 0 saturated carbocycles. The van der Waals surface area contributed by atoms with E-state index < -0.39 is 28.7 Å². The van der Waals surface area contributed by atoms with Crippen LogP contribution in [-0.4, -0.2) is 66.7 Å². The average Bonchev–Trinajstić information content (AvgIpc) is 3.00. The van der Waals surface area contributed by atoms with Crippen LogP contribution in [0.25, 0.3) is 0 Å². The summed E-state index contributed by atoms with van der Waals surface area (Å²) in [5, 5.41) is -0.0102. The van der Waals surface area contributed by atoms with Gasteiger partial charge in [0.25, 0.3) is 0 Å². The van der Waals surface area contributed by atoms with Crippen molar-refractivity contribution in [1.82, 2.24) is 0 Å². The second-order valence-corrected chi connectivity index (χ2v) is 28.0. The summed E-state index contributed by atoms with van der Waals surface area (Å²) in [6.07, 6.45) is 12.8. The van der Waals surface area contributed by atoms with Gasteiger partial charge in [-0.1, -0.05) is 107 Å². The molecule has 0 spiro atoms. The first-order valence-corrected chi connectivity index (χ1v) is 24.5. The topological polar surface area (TPSA) is 80.3 Å². The van der Waals surface area contributed by atoms with Gasteiger partial charge in [0.05, 0.1) is 18.8 Å². The van der Waals surface area contributed by atoms with E-state index in [-0.39, 0.29) is 47.1 Å². The SMILES string of the molecule is CO[C@@H](/C(C)=C/CO[Si](C(C)C)(C(C)C)C(C)C)[C@@H](C)[C@@H]1C[C@H](O[Si](C)(C)C(C)(C)C)/C(C)=C/C=C/[C@@H](C)[C@H]2C[C@@H](C/C=C/C(=O)O1)CC(=O)O2. The average molecular weight is 747 g/mol. The Morgan fingerprint density at radius 2 is 1.61 bits per heavy atom. The summed E-state index contributed by atoms with van der Waals surface area (Å²) < 4.78 is 32.3. The summed E-state index contributed by atoms with van der Waals surface area (Å²) in [5.41, 5.74) is 3.61. The molecule has 1 fully saturated rings. The van der Waals surface area contributed by atoms with Crippen molar-refractivity contribution in [2.24, 2.45) is 17.8 Å². The predicted octanol–water partition coefficient (Wildman–Crippen LogP) is 10.9. The van der Waals surface area contributed by atoms with E-state index in [1.807, 2.05) is 6.08 Å². The molecule has 0 radical (unpaired) electrons. The minimum absolute atomic E-state index is 0.0102. The number of carbonyl (C=O) groups excluding carboxylic acids is 2. The highest BCUT2D eigenvalue weighted by Crippen LogP contribution is 2.43. The number of fused-ring (bicyclic) bond motifs is 2. The van der Waals surface area contributed by atoms with Crippen molar-refractivity contribution < 1.29 is 32.7 Å². The third-order valence-electron chi connectivity index (χ3n) is 12.1. The Morgan fingerprint density at radius 1 is 1.00 bits per heavy atom. The molecule has 0 aromatic rings. The van der Waals surface area contributed by atoms with E-state index in [1.165, 1.54) is 6.08 Å². The van der Waals surface area contributed by atoms with Crippen LogP contribution in [-0.2, 0) is 32.7 Å². The molecule has 0 N–H and O–H groups in total. The molecule has 2 heterocycles. The van der Waals surface area contributed by atoms with Gasteiger partial charge >= 0.3 is 11.9 Å². The predicted molar refractivity (Wildman–Crippen MR) is 216 cm³/mol. The van der Waals surface area contributed by atoms with E-state index in [1.54, 1.807) is 7.11 Å². The van der Waals surface area contributed by atoms with Crippen LogP contribution in [0.3, 0.4) is 0 Å². The van der Waals surface area contributed by atoms with Crippen molar-refractivity contribution >= 4 is 28.6 Å². The molecule has 51 heavy (non-hydrogen) atoms. The highest BCUT2D eigenvalue weighted by Gasteiger charge is 2.45. The number of cyclic esters (lactones) is 1. The number of ether oxygens (including phenoxy) is 3. The van der Waals surface area contributed by atoms with E-state index in [9.17, 15) is 9.59 Å². The van der Waals surface area contributed by atoms with Gasteiger partial charge in [-0.25, -0.2) is 4.79 Å².